The van der Waals surface area contributed by atoms with Crippen molar-refractivity contribution in [3.63, 3.8) is 0 Å². The number of hydrogen-bond acceptors (Lipinski definition) is 0. The highest BCUT2D eigenvalue weighted by atomic mass is 14.0. The summed E-state index contributed by atoms with van der Waals surface area (Å²) in [4.78, 5) is 0. The maximum absolute atomic E-state index is 2.20. The number of benzene rings is 6. The quantitative estimate of drug-likeness (QED) is 0.173. The minimum absolute atomic E-state index is 1.28. The molecule has 0 fully saturated rings. The van der Waals surface area contributed by atoms with Crippen LogP contribution in [0.4, 0.5) is 0 Å². The van der Waals surface area contributed by atoms with Gasteiger partial charge in [0.05, 0.1) is 0 Å². The van der Waals surface area contributed by atoms with Gasteiger partial charge in [-0.05, 0) is 66.6 Å². The van der Waals surface area contributed by atoms with Crippen LogP contribution in [0.5, 0.6) is 0 Å². The second kappa shape index (κ2) is 36.1. The first-order chi connectivity index (χ1) is 25.5. The molecule has 0 radical (unpaired) electrons. The van der Waals surface area contributed by atoms with Gasteiger partial charge in [0.15, 0.2) is 0 Å². The minimum atomic E-state index is 1.28. The molecule has 0 heteroatoms. The van der Waals surface area contributed by atoms with Crippen molar-refractivity contribution >= 4 is 0 Å². The molecule has 0 spiro atoms. The van der Waals surface area contributed by atoms with E-state index in [1.165, 1.54) is 55.6 Å². The monoisotopic (exact) mass is 699 g/mol. The van der Waals surface area contributed by atoms with Gasteiger partial charge in [-0.1, -0.05) is 258 Å². The second-order valence-electron chi connectivity index (χ2n) is 10.1. The van der Waals surface area contributed by atoms with Crippen LogP contribution >= 0.6 is 0 Å². The van der Waals surface area contributed by atoms with Crippen molar-refractivity contribution in [2.24, 2.45) is 0 Å². The Morgan fingerprint density at radius 3 is 0.942 bits per heavy atom. The number of hydrogen-bond donors (Lipinski definition) is 0. The summed E-state index contributed by atoms with van der Waals surface area (Å²) in [7, 11) is 0. The van der Waals surface area contributed by atoms with Crippen LogP contribution in [-0.4, -0.2) is 0 Å². The highest BCUT2D eigenvalue weighted by molar-refractivity contribution is 5.67. The molecule has 52 heavy (non-hydrogen) atoms. The molecule has 0 atom stereocenters. The Kier molecular flexibility index (Phi) is 35.9. The fourth-order valence-corrected chi connectivity index (χ4v) is 4.46. The third kappa shape index (κ3) is 21.5. The Labute approximate surface area is 323 Å². The summed E-state index contributed by atoms with van der Waals surface area (Å²) < 4.78 is 0. The highest BCUT2D eigenvalue weighted by Crippen LogP contribution is 2.22. The summed E-state index contributed by atoms with van der Waals surface area (Å²) in [5.74, 6) is 0. The first-order valence-corrected chi connectivity index (χ1v) is 19.9. The molecule has 0 N–H and O–H groups in total. The molecule has 0 nitrogen and oxygen atoms in total. The van der Waals surface area contributed by atoms with E-state index >= 15 is 0 Å². The Hall–Kier alpha value is -4.68. The molecule has 0 amide bonds. The van der Waals surface area contributed by atoms with Gasteiger partial charge < -0.3 is 0 Å². The molecule has 6 rings (SSSR count). The van der Waals surface area contributed by atoms with Gasteiger partial charge in [0.1, 0.15) is 0 Å². The van der Waals surface area contributed by atoms with Gasteiger partial charge >= 0.3 is 0 Å². The van der Waals surface area contributed by atoms with Crippen molar-refractivity contribution in [2.45, 2.75) is 111 Å². The van der Waals surface area contributed by atoms with Crippen LogP contribution < -0.4 is 0 Å². The summed E-state index contributed by atoms with van der Waals surface area (Å²) in [6.07, 6.45) is 0. The van der Waals surface area contributed by atoms with Gasteiger partial charge in [-0.25, -0.2) is 0 Å². The van der Waals surface area contributed by atoms with E-state index in [9.17, 15) is 0 Å². The van der Waals surface area contributed by atoms with E-state index in [4.69, 9.17) is 0 Å². The van der Waals surface area contributed by atoms with E-state index in [1.807, 2.05) is 95.2 Å². The van der Waals surface area contributed by atoms with Crippen molar-refractivity contribution in [1.82, 2.24) is 0 Å². The number of aryl methyl sites for hydroxylation is 4. The second-order valence-corrected chi connectivity index (χ2v) is 10.1. The van der Waals surface area contributed by atoms with Gasteiger partial charge in [0.25, 0.3) is 0 Å². The van der Waals surface area contributed by atoms with Crippen LogP contribution in [0.25, 0.3) is 33.4 Å². The van der Waals surface area contributed by atoms with Crippen LogP contribution in [0.2, 0.25) is 0 Å². The van der Waals surface area contributed by atoms with Crippen molar-refractivity contribution < 1.29 is 0 Å². The van der Waals surface area contributed by atoms with E-state index in [1.54, 1.807) is 0 Å². The zero-order valence-corrected chi connectivity index (χ0v) is 36.0. The lowest BCUT2D eigenvalue weighted by molar-refractivity contribution is 1.45. The molecule has 0 aromatic heterocycles. The average Bonchev–Trinajstić information content (AvgIpc) is 3.24. The summed E-state index contributed by atoms with van der Waals surface area (Å²) >= 11 is 0. The van der Waals surface area contributed by atoms with Crippen molar-refractivity contribution in [3.8, 4) is 33.4 Å². The lowest BCUT2D eigenvalue weighted by atomic mass is 10.0. The molecular weight excluding hydrogens is 625 g/mol. The molecule has 282 valence electrons. The van der Waals surface area contributed by atoms with Crippen molar-refractivity contribution in [3.05, 3.63) is 180 Å². The largest absolute Gasteiger partial charge is 0.0683 e. The Balaban J connectivity index is -0.000000604. The minimum Gasteiger partial charge on any atom is -0.0683 e. The smallest absolute Gasteiger partial charge is 0.0155 e. The molecule has 6 aromatic rings. The standard InChI is InChI=1S/C14H14.2C13H12.6C2H6/c1-11-3-7-13(8-4-11)14-9-5-12(2)6-10-14;1-11-7-5-6-10-13(11)12-8-3-2-4-9-12;1-11-6-5-9-13(10-11)12-7-3-2-4-8-12;6*1-2/h3-10H,1-2H3;2*2-10H,1H3;6*1-2H3. The summed E-state index contributed by atoms with van der Waals surface area (Å²) in [5.41, 5.74) is 13.0. The average molecular weight is 699 g/mol. The summed E-state index contributed by atoms with van der Waals surface area (Å²) in [5, 5.41) is 0. The van der Waals surface area contributed by atoms with Gasteiger partial charge in [0.2, 0.25) is 0 Å². The molecular formula is C52H74. The van der Waals surface area contributed by atoms with E-state index in [-0.39, 0.29) is 0 Å². The van der Waals surface area contributed by atoms with Gasteiger partial charge in [-0.15, -0.1) is 0 Å². The predicted molar refractivity (Wildman–Crippen MR) is 243 cm³/mol. The van der Waals surface area contributed by atoms with Crippen molar-refractivity contribution in [1.29, 1.82) is 0 Å². The SMILES string of the molecule is CC.CC.CC.CC.CC.CC.Cc1ccc(-c2ccc(C)cc2)cc1.Cc1cccc(-c2ccccc2)c1.Cc1ccccc1-c1ccccc1. The van der Waals surface area contributed by atoms with E-state index in [0.29, 0.717) is 0 Å². The normalized spacial score (nSPS) is 8.38. The van der Waals surface area contributed by atoms with Crippen LogP contribution in [0.1, 0.15) is 105 Å². The van der Waals surface area contributed by atoms with E-state index in [0.717, 1.165) is 0 Å². The van der Waals surface area contributed by atoms with Gasteiger partial charge in [-0.2, -0.15) is 0 Å². The molecule has 6 aromatic carbocycles. The molecule has 0 saturated carbocycles. The molecule has 0 saturated heterocycles. The van der Waals surface area contributed by atoms with Crippen LogP contribution in [0, 0.1) is 27.7 Å². The molecule has 0 unspecified atom stereocenters. The van der Waals surface area contributed by atoms with E-state index < -0.39 is 0 Å². The zero-order chi connectivity index (χ0) is 40.2. The molecule has 0 bridgehead atoms. The Morgan fingerprint density at radius 2 is 0.558 bits per heavy atom. The summed E-state index contributed by atoms with van der Waals surface area (Å²) in [6, 6.07) is 55.2. The summed E-state index contributed by atoms with van der Waals surface area (Å²) in [6.45, 7) is 32.5. The lowest BCUT2D eigenvalue weighted by Crippen LogP contribution is -1.80. The van der Waals surface area contributed by atoms with Crippen molar-refractivity contribution in [2.75, 3.05) is 0 Å². The number of rotatable bonds is 3. The van der Waals surface area contributed by atoms with Crippen LogP contribution in [0.15, 0.2) is 158 Å². The predicted octanol–water partition coefficient (Wildman–Crippen LogP) is 17.5. The first-order valence-electron chi connectivity index (χ1n) is 19.9. The molecule has 0 aliphatic rings. The first kappa shape index (κ1) is 51.7. The molecule has 0 aliphatic heterocycles. The fraction of sp³-hybridized carbons (Fsp3) is 0.308. The maximum Gasteiger partial charge on any atom is -0.0155 e. The topological polar surface area (TPSA) is 0 Å². The van der Waals surface area contributed by atoms with Crippen LogP contribution in [0.3, 0.4) is 0 Å². The molecule has 0 aliphatic carbocycles. The fourth-order valence-electron chi connectivity index (χ4n) is 4.46. The van der Waals surface area contributed by atoms with Gasteiger partial charge in [-0.3, -0.25) is 0 Å². The van der Waals surface area contributed by atoms with Gasteiger partial charge in [0, 0.05) is 0 Å². The third-order valence-electron chi connectivity index (χ3n) is 6.79. The molecule has 0 heterocycles. The third-order valence-corrected chi connectivity index (χ3v) is 6.79. The maximum atomic E-state index is 2.20. The van der Waals surface area contributed by atoms with E-state index in [2.05, 4.69) is 173 Å². The zero-order valence-electron chi connectivity index (χ0n) is 36.0. The Morgan fingerprint density at radius 1 is 0.231 bits per heavy atom. The lowest BCUT2D eigenvalue weighted by Gasteiger charge is -2.04. The van der Waals surface area contributed by atoms with Crippen LogP contribution in [-0.2, 0) is 0 Å². The Bertz CT molecular complexity index is 1530. The highest BCUT2D eigenvalue weighted by Gasteiger charge is 1.98.